The maximum atomic E-state index is 14.3. The van der Waals surface area contributed by atoms with Crippen LogP contribution in [-0.2, 0) is 38.2 Å². The van der Waals surface area contributed by atoms with Gasteiger partial charge in [-0.2, -0.15) is 26.3 Å². The van der Waals surface area contributed by atoms with Gasteiger partial charge in [-0.05, 0) is 96.5 Å². The van der Waals surface area contributed by atoms with E-state index in [1.54, 1.807) is 13.8 Å². The van der Waals surface area contributed by atoms with Crippen LogP contribution in [0.3, 0.4) is 0 Å². The largest absolute Gasteiger partial charge is 0.490 e. The van der Waals surface area contributed by atoms with Gasteiger partial charge in [0.25, 0.3) is 0 Å². The molecule has 0 unspecified atom stereocenters. The molecule has 0 spiro atoms. The highest BCUT2D eigenvalue weighted by atomic mass is 35.5. The number of hydrogen-bond acceptors (Lipinski definition) is 10. The summed E-state index contributed by atoms with van der Waals surface area (Å²) in [4.78, 5) is 74.0. The zero-order chi connectivity index (χ0) is 62.5. The van der Waals surface area contributed by atoms with Crippen molar-refractivity contribution in [1.82, 2.24) is 20.4 Å². The van der Waals surface area contributed by atoms with Gasteiger partial charge in [-0.25, -0.2) is 9.59 Å². The molecule has 4 saturated heterocycles. The molecule has 0 radical (unpaired) electrons. The van der Waals surface area contributed by atoms with Gasteiger partial charge < -0.3 is 50.3 Å². The second kappa shape index (κ2) is 31.3. The molecule has 0 bridgehead atoms. The van der Waals surface area contributed by atoms with Gasteiger partial charge in [-0.15, -0.1) is 0 Å². The SMILES string of the molecule is C.CC[C@H]([C@@H]1CNCCO1)N1C(=O)[C@@](C)(CC(=O)O)C[C@H](c2cccc(Cl)c2)[C@H]1c1ccc(Cl)cc1.CC[C@H]([C@H]1CNCCO1)N1C(=O)[C@@](C)(CC(=O)O)C[C@H](c2cccc(Cl)c2)[C@H]1c1ccc(Cl)cc1.O=C(O)C(F)(F)F.O=C(O)C(F)(F)F. The molecule has 26 heteroatoms. The number of carbonyl (C=O) groups excluding carboxylic acids is 2. The fraction of sp³-hybridized carbons (Fsp3) is 0.492. The summed E-state index contributed by atoms with van der Waals surface area (Å²) in [6, 6.07) is 29.3. The van der Waals surface area contributed by atoms with Crippen molar-refractivity contribution in [2.75, 3.05) is 39.4 Å². The standard InChI is InChI=1S/2C27H32Cl2N2O4.2C2HF3O2.CH4/c2*1-3-22(23-16-30-11-12-35-23)31-25(17-7-9-19(28)10-8-17)21(18-5-4-6-20(29)13-18)14-27(2,26(31)34)15-24(32)33;2*3-2(4,5)1(6)7;/h2*4-10,13,21-23,25,30H,3,11-12,14-16H2,1-2H3,(H,32,33);2*(H,6,7);1H4/t21-,22-,23+,25-,27-;21-,22-,23-,25-,27-;;;/m11.../s1. The van der Waals surface area contributed by atoms with E-state index >= 15 is 0 Å². The quantitative estimate of drug-likeness (QED) is 0.0645. The highest BCUT2D eigenvalue weighted by molar-refractivity contribution is 6.31. The van der Waals surface area contributed by atoms with Gasteiger partial charge in [0.15, 0.2) is 0 Å². The molecule has 16 nitrogen and oxygen atoms in total. The minimum Gasteiger partial charge on any atom is -0.481 e. The molecule has 4 aliphatic rings. The third-order valence-electron chi connectivity index (χ3n) is 15.1. The van der Waals surface area contributed by atoms with E-state index in [0.717, 1.165) is 35.3 Å². The van der Waals surface area contributed by atoms with Crippen molar-refractivity contribution in [3.63, 3.8) is 0 Å². The number of aliphatic carboxylic acids is 4. The Morgan fingerprint density at radius 1 is 0.565 bits per heavy atom. The summed E-state index contributed by atoms with van der Waals surface area (Å²) in [6.45, 7) is 11.6. The highest BCUT2D eigenvalue weighted by Gasteiger charge is 2.55. The number of ether oxygens (including phenoxy) is 2. The van der Waals surface area contributed by atoms with Gasteiger partial charge in [-0.1, -0.05) is 130 Å². The maximum Gasteiger partial charge on any atom is 0.490 e. The number of morpholine rings is 2. The summed E-state index contributed by atoms with van der Waals surface area (Å²) in [6.07, 6.45) is -8.91. The number of nitrogens with one attached hydrogen (secondary N) is 2. The first kappa shape index (κ1) is 71.8. The van der Waals surface area contributed by atoms with E-state index in [2.05, 4.69) is 10.6 Å². The summed E-state index contributed by atoms with van der Waals surface area (Å²) in [7, 11) is 0. The van der Waals surface area contributed by atoms with Crippen molar-refractivity contribution in [3.8, 4) is 0 Å². The molecular weight excluding hydrogens is 1210 g/mol. The van der Waals surface area contributed by atoms with Crippen molar-refractivity contribution in [2.45, 2.75) is 134 Å². The fourth-order valence-corrected chi connectivity index (χ4v) is 12.1. The topological polar surface area (TPSA) is 232 Å². The summed E-state index contributed by atoms with van der Waals surface area (Å²) in [5.41, 5.74) is 1.71. The molecule has 4 aliphatic heterocycles. The van der Waals surface area contributed by atoms with Crippen LogP contribution in [0.15, 0.2) is 97.1 Å². The average molecular weight is 1280 g/mol. The molecule has 8 rings (SSSR count). The molecule has 4 fully saturated rings. The van der Waals surface area contributed by atoms with Gasteiger partial charge >= 0.3 is 36.2 Å². The second-order valence-electron chi connectivity index (χ2n) is 21.2. The van der Waals surface area contributed by atoms with Crippen molar-refractivity contribution in [2.24, 2.45) is 10.8 Å². The molecule has 6 N–H and O–H groups in total. The zero-order valence-electron chi connectivity index (χ0n) is 46.1. The summed E-state index contributed by atoms with van der Waals surface area (Å²) < 4.78 is 75.7. The number of halogens is 10. The van der Waals surface area contributed by atoms with E-state index in [4.69, 9.17) is 75.7 Å². The lowest BCUT2D eigenvalue weighted by Crippen LogP contribution is -2.61. The van der Waals surface area contributed by atoms with Gasteiger partial charge in [0, 0.05) is 58.1 Å². The molecule has 10 atom stereocenters. The van der Waals surface area contributed by atoms with Gasteiger partial charge in [-0.3, -0.25) is 19.2 Å². The van der Waals surface area contributed by atoms with Crippen LogP contribution < -0.4 is 10.6 Å². The van der Waals surface area contributed by atoms with E-state index in [1.165, 1.54) is 0 Å². The van der Waals surface area contributed by atoms with Crippen LogP contribution in [0.25, 0.3) is 0 Å². The highest BCUT2D eigenvalue weighted by Crippen LogP contribution is 2.54. The van der Waals surface area contributed by atoms with Crippen LogP contribution >= 0.6 is 46.4 Å². The smallest absolute Gasteiger partial charge is 0.481 e. The van der Waals surface area contributed by atoms with Crippen LogP contribution in [0.1, 0.15) is 120 Å². The van der Waals surface area contributed by atoms with Gasteiger partial charge in [0.1, 0.15) is 0 Å². The number of benzene rings is 4. The van der Waals surface area contributed by atoms with E-state index in [1.807, 2.05) is 121 Å². The van der Waals surface area contributed by atoms with E-state index in [0.29, 0.717) is 72.1 Å². The predicted octanol–water partition coefficient (Wildman–Crippen LogP) is 12.5. The fourth-order valence-electron chi connectivity index (χ4n) is 11.4. The van der Waals surface area contributed by atoms with Crippen LogP contribution in [0.4, 0.5) is 26.3 Å². The van der Waals surface area contributed by atoms with E-state index in [-0.39, 0.29) is 80.3 Å². The Bertz CT molecular complexity index is 2710. The minimum atomic E-state index is -5.08. The molecule has 4 aromatic carbocycles. The first-order chi connectivity index (χ1) is 39.3. The number of carbonyl (C=O) groups is 6. The Morgan fingerprint density at radius 3 is 1.13 bits per heavy atom. The number of amides is 2. The third kappa shape index (κ3) is 19.1. The zero-order valence-corrected chi connectivity index (χ0v) is 49.1. The Kier molecular flexibility index (Phi) is 26.4. The summed E-state index contributed by atoms with van der Waals surface area (Å²) >= 11 is 25.2. The van der Waals surface area contributed by atoms with Crippen molar-refractivity contribution < 1.29 is 85.0 Å². The van der Waals surface area contributed by atoms with Crippen LogP contribution in [-0.4, -0.2) is 142 Å². The van der Waals surface area contributed by atoms with Gasteiger partial charge in [0.2, 0.25) is 11.8 Å². The lowest BCUT2D eigenvalue weighted by Gasteiger charge is -2.53. The molecular formula is C59H70Cl4F6N4O12. The first-order valence-electron chi connectivity index (χ1n) is 26.7. The number of piperidine rings is 2. The molecule has 0 aromatic heterocycles. The lowest BCUT2D eigenvalue weighted by atomic mass is 9.66. The second-order valence-corrected chi connectivity index (χ2v) is 22.9. The monoisotopic (exact) mass is 1280 g/mol. The number of hydrogen-bond donors (Lipinski definition) is 6. The predicted molar refractivity (Wildman–Crippen MR) is 308 cm³/mol. The Morgan fingerprint density at radius 2 is 0.882 bits per heavy atom. The number of carboxylic acid groups (broad SMARTS) is 4. The molecule has 468 valence electrons. The molecule has 4 aromatic rings. The number of nitrogens with zero attached hydrogens (tertiary/aromatic N) is 2. The van der Waals surface area contributed by atoms with E-state index in [9.17, 15) is 55.7 Å². The van der Waals surface area contributed by atoms with Crippen molar-refractivity contribution in [3.05, 3.63) is 139 Å². The molecule has 2 amide bonds. The average Bonchev–Trinajstić information content (AvgIpc) is 0.838. The first-order valence-corrected chi connectivity index (χ1v) is 28.2. The Hall–Kier alpha value is -5.72. The number of carboxylic acids is 4. The van der Waals surface area contributed by atoms with Gasteiger partial charge in [0.05, 0.1) is 73.3 Å². The summed E-state index contributed by atoms with van der Waals surface area (Å²) in [5.74, 6) is -8.12. The number of rotatable bonds is 14. The summed E-state index contributed by atoms with van der Waals surface area (Å²) in [5, 5.41) is 42.9. The van der Waals surface area contributed by atoms with Crippen LogP contribution in [0, 0.1) is 10.8 Å². The Labute approximate surface area is 509 Å². The van der Waals surface area contributed by atoms with Crippen LogP contribution in [0.5, 0.6) is 0 Å². The number of alkyl halides is 6. The third-order valence-corrected chi connectivity index (χ3v) is 16.0. The normalized spacial score (nSPS) is 25.0. The lowest BCUT2D eigenvalue weighted by molar-refractivity contribution is -0.193. The Balaban J connectivity index is 0.000000295. The van der Waals surface area contributed by atoms with Crippen LogP contribution in [0.2, 0.25) is 20.1 Å². The number of likely N-dealkylation sites (tertiary alicyclic amines) is 2. The van der Waals surface area contributed by atoms with Crippen molar-refractivity contribution >= 4 is 82.1 Å². The molecule has 0 saturated carbocycles. The molecule has 4 heterocycles. The molecule has 0 aliphatic carbocycles. The maximum absolute atomic E-state index is 14.3. The minimum absolute atomic E-state index is 0. The van der Waals surface area contributed by atoms with Crippen molar-refractivity contribution in [1.29, 1.82) is 0 Å². The van der Waals surface area contributed by atoms with E-state index < -0.39 is 47.1 Å². The molecule has 85 heavy (non-hydrogen) atoms.